The third kappa shape index (κ3) is 20.1. The number of ether oxygens (including phenoxy) is 4. The van der Waals surface area contributed by atoms with Crippen molar-refractivity contribution in [1.82, 2.24) is 4.90 Å². The molecule has 0 saturated heterocycles. The molecule has 0 spiro atoms. The van der Waals surface area contributed by atoms with E-state index < -0.39 is 0 Å². The normalized spacial score (nSPS) is 11.3. The quantitative estimate of drug-likeness (QED) is 0.271. The number of carbonyl (C=O) groups is 1. The lowest BCUT2D eigenvalue weighted by Gasteiger charge is -2.13. The van der Waals surface area contributed by atoms with Crippen LogP contribution in [0.5, 0.6) is 0 Å². The Balaban J connectivity index is 3.10. The summed E-state index contributed by atoms with van der Waals surface area (Å²) in [6.45, 7) is 11.8. The second kappa shape index (κ2) is 21.0. The van der Waals surface area contributed by atoms with Crippen LogP contribution in [0.1, 0.15) is 72.1 Å². The molecule has 6 heteroatoms. The van der Waals surface area contributed by atoms with Crippen LogP contribution < -0.4 is 0 Å². The third-order valence-electron chi connectivity index (χ3n) is 4.46. The van der Waals surface area contributed by atoms with Crippen molar-refractivity contribution < 1.29 is 23.7 Å². The predicted octanol–water partition coefficient (Wildman–Crippen LogP) is 4.06. The van der Waals surface area contributed by atoms with Gasteiger partial charge in [-0.2, -0.15) is 0 Å². The molecule has 0 aromatic heterocycles. The minimum Gasteiger partial charge on any atom is -0.379 e. The Morgan fingerprint density at radius 1 is 0.714 bits per heavy atom. The molecule has 28 heavy (non-hydrogen) atoms. The molecule has 6 nitrogen and oxygen atoms in total. The maximum atomic E-state index is 11.6. The van der Waals surface area contributed by atoms with Gasteiger partial charge in [0.15, 0.2) is 0 Å². The third-order valence-corrected chi connectivity index (χ3v) is 4.46. The van der Waals surface area contributed by atoms with E-state index in [0.717, 1.165) is 58.5 Å². The monoisotopic (exact) mass is 403 g/mol. The van der Waals surface area contributed by atoms with Gasteiger partial charge in [-0.1, -0.05) is 19.3 Å². The van der Waals surface area contributed by atoms with Gasteiger partial charge in [-0.05, 0) is 46.5 Å². The Morgan fingerprint density at radius 2 is 1.18 bits per heavy atom. The highest BCUT2D eigenvalue weighted by Gasteiger charge is 2.05. The van der Waals surface area contributed by atoms with Crippen molar-refractivity contribution in [2.75, 3.05) is 59.8 Å². The van der Waals surface area contributed by atoms with Gasteiger partial charge >= 0.3 is 0 Å². The van der Waals surface area contributed by atoms with E-state index in [9.17, 15) is 4.79 Å². The van der Waals surface area contributed by atoms with E-state index in [1.807, 2.05) is 14.0 Å². The summed E-state index contributed by atoms with van der Waals surface area (Å²) in [5.41, 5.74) is 0. The lowest BCUT2D eigenvalue weighted by atomic mass is 10.2. The molecule has 1 amide bonds. The smallest absolute Gasteiger partial charge is 0.222 e. The first-order chi connectivity index (χ1) is 13.6. The molecule has 0 bridgehead atoms. The van der Waals surface area contributed by atoms with Gasteiger partial charge in [0, 0.05) is 39.8 Å². The van der Waals surface area contributed by atoms with Crippen LogP contribution in [0.2, 0.25) is 0 Å². The molecule has 0 unspecified atom stereocenters. The van der Waals surface area contributed by atoms with Crippen LogP contribution in [-0.4, -0.2) is 76.8 Å². The minimum absolute atomic E-state index is 0.232. The number of carbonyl (C=O) groups excluding carboxylic acids is 1. The van der Waals surface area contributed by atoms with E-state index in [2.05, 4.69) is 13.8 Å². The van der Waals surface area contributed by atoms with Crippen LogP contribution in [0, 0.1) is 0 Å². The zero-order chi connectivity index (χ0) is 20.9. The Bertz CT molecular complexity index is 339. The topological polar surface area (TPSA) is 57.2 Å². The van der Waals surface area contributed by atoms with Gasteiger partial charge in [-0.3, -0.25) is 4.79 Å². The standard InChI is InChI=1S/C22H45NO5/c1-5-23(4)22(24)13-9-8-11-15-26-18-20-27-19-17-25-14-10-6-7-12-16-28-21(2)3/h21H,5-20H2,1-4H3. The summed E-state index contributed by atoms with van der Waals surface area (Å²) in [6.07, 6.45) is 8.57. The van der Waals surface area contributed by atoms with Gasteiger partial charge in [-0.25, -0.2) is 0 Å². The molecular weight excluding hydrogens is 358 g/mol. The molecule has 0 atom stereocenters. The molecule has 0 aliphatic carbocycles. The number of unbranched alkanes of at least 4 members (excludes halogenated alkanes) is 5. The fraction of sp³-hybridized carbons (Fsp3) is 0.955. The van der Waals surface area contributed by atoms with Gasteiger partial charge in [0.2, 0.25) is 5.91 Å². The molecule has 0 heterocycles. The van der Waals surface area contributed by atoms with Crippen LogP contribution in [0.4, 0.5) is 0 Å². The van der Waals surface area contributed by atoms with Crippen LogP contribution >= 0.6 is 0 Å². The highest BCUT2D eigenvalue weighted by atomic mass is 16.5. The number of nitrogens with zero attached hydrogens (tertiary/aromatic N) is 1. The van der Waals surface area contributed by atoms with Crippen LogP contribution in [0.15, 0.2) is 0 Å². The van der Waals surface area contributed by atoms with E-state index in [4.69, 9.17) is 18.9 Å². The Morgan fingerprint density at radius 3 is 1.68 bits per heavy atom. The first-order valence-electron chi connectivity index (χ1n) is 11.2. The van der Waals surface area contributed by atoms with Gasteiger partial charge in [0.1, 0.15) is 0 Å². The summed E-state index contributed by atoms with van der Waals surface area (Å²) in [7, 11) is 1.85. The molecule has 0 aromatic carbocycles. The minimum atomic E-state index is 0.232. The Labute approximate surface area is 173 Å². The second-order valence-corrected chi connectivity index (χ2v) is 7.39. The fourth-order valence-corrected chi connectivity index (χ4v) is 2.55. The summed E-state index contributed by atoms with van der Waals surface area (Å²) in [5, 5.41) is 0. The van der Waals surface area contributed by atoms with Crippen molar-refractivity contribution in [2.45, 2.75) is 78.2 Å². The number of hydrogen-bond acceptors (Lipinski definition) is 5. The van der Waals surface area contributed by atoms with Crippen molar-refractivity contribution in [3.05, 3.63) is 0 Å². The van der Waals surface area contributed by atoms with Gasteiger partial charge < -0.3 is 23.8 Å². The summed E-state index contributed by atoms with van der Waals surface area (Å²) < 4.78 is 22.1. The molecule has 0 aliphatic rings. The van der Waals surface area contributed by atoms with Gasteiger partial charge in [-0.15, -0.1) is 0 Å². The fourth-order valence-electron chi connectivity index (χ4n) is 2.55. The van der Waals surface area contributed by atoms with Crippen molar-refractivity contribution in [1.29, 1.82) is 0 Å². The summed E-state index contributed by atoms with van der Waals surface area (Å²) in [6, 6.07) is 0. The SMILES string of the molecule is CCN(C)C(=O)CCCCCOCCOCCOCCCCCCOC(C)C. The predicted molar refractivity (Wildman–Crippen MR) is 114 cm³/mol. The van der Waals surface area contributed by atoms with E-state index in [1.165, 1.54) is 12.8 Å². The molecule has 0 rings (SSSR count). The molecular formula is C22H45NO5. The van der Waals surface area contributed by atoms with Crippen LogP contribution in [0.3, 0.4) is 0 Å². The van der Waals surface area contributed by atoms with E-state index >= 15 is 0 Å². The summed E-state index contributed by atoms with van der Waals surface area (Å²) in [4.78, 5) is 13.4. The Kier molecular flexibility index (Phi) is 20.5. The molecule has 0 saturated carbocycles. The van der Waals surface area contributed by atoms with Crippen molar-refractivity contribution in [2.24, 2.45) is 0 Å². The highest BCUT2D eigenvalue weighted by molar-refractivity contribution is 5.75. The van der Waals surface area contributed by atoms with Crippen molar-refractivity contribution >= 4 is 5.91 Å². The lowest BCUT2D eigenvalue weighted by molar-refractivity contribution is -0.129. The largest absolute Gasteiger partial charge is 0.379 e. The molecule has 0 aliphatic heterocycles. The molecule has 0 aromatic rings. The van der Waals surface area contributed by atoms with Crippen LogP contribution in [0.25, 0.3) is 0 Å². The molecule has 168 valence electrons. The number of amides is 1. The molecule has 0 N–H and O–H groups in total. The number of rotatable bonds is 21. The maximum absolute atomic E-state index is 11.6. The van der Waals surface area contributed by atoms with E-state index in [0.29, 0.717) is 39.0 Å². The number of hydrogen-bond donors (Lipinski definition) is 0. The molecule has 0 fully saturated rings. The van der Waals surface area contributed by atoms with Gasteiger partial charge in [0.25, 0.3) is 0 Å². The first kappa shape index (κ1) is 27.3. The second-order valence-electron chi connectivity index (χ2n) is 7.39. The van der Waals surface area contributed by atoms with E-state index in [1.54, 1.807) is 4.90 Å². The zero-order valence-corrected chi connectivity index (χ0v) is 18.9. The average Bonchev–Trinajstić information content (AvgIpc) is 2.68. The summed E-state index contributed by atoms with van der Waals surface area (Å²) >= 11 is 0. The van der Waals surface area contributed by atoms with E-state index in [-0.39, 0.29) is 5.91 Å². The average molecular weight is 404 g/mol. The Hall–Kier alpha value is -0.690. The zero-order valence-electron chi connectivity index (χ0n) is 18.9. The summed E-state index contributed by atoms with van der Waals surface area (Å²) in [5.74, 6) is 0.232. The molecule has 0 radical (unpaired) electrons. The lowest BCUT2D eigenvalue weighted by Crippen LogP contribution is -2.25. The van der Waals surface area contributed by atoms with Crippen molar-refractivity contribution in [3.8, 4) is 0 Å². The highest BCUT2D eigenvalue weighted by Crippen LogP contribution is 2.03. The van der Waals surface area contributed by atoms with Gasteiger partial charge in [0.05, 0.1) is 32.5 Å². The first-order valence-corrected chi connectivity index (χ1v) is 11.2. The maximum Gasteiger partial charge on any atom is 0.222 e. The van der Waals surface area contributed by atoms with Crippen molar-refractivity contribution in [3.63, 3.8) is 0 Å². The van der Waals surface area contributed by atoms with Crippen LogP contribution in [-0.2, 0) is 23.7 Å².